The molecule has 0 bridgehead atoms. The molecule has 3 nitrogen and oxygen atoms in total. The Morgan fingerprint density at radius 1 is 1.55 bits per heavy atom. The van der Waals surface area contributed by atoms with E-state index in [9.17, 15) is 4.79 Å². The van der Waals surface area contributed by atoms with Gasteiger partial charge < -0.3 is 10.0 Å². The Bertz CT molecular complexity index is 159. The minimum Gasteiger partial charge on any atom is -0.395 e. The van der Waals surface area contributed by atoms with Gasteiger partial charge in [0.2, 0.25) is 5.91 Å². The summed E-state index contributed by atoms with van der Waals surface area (Å²) in [5.74, 6) is -0.0564. The molecule has 0 unspecified atom stereocenters. The number of aliphatic hydroxyl groups is 1. The summed E-state index contributed by atoms with van der Waals surface area (Å²) >= 11 is 0. The minimum atomic E-state index is -0.0564. The maximum Gasteiger partial charge on any atom is 0.246 e. The highest BCUT2D eigenvalue weighted by Crippen LogP contribution is 1.92. The molecule has 0 aromatic carbocycles. The average Bonchev–Trinajstić information content (AvgIpc) is 1.86. The fourth-order valence-corrected chi connectivity index (χ4v) is 0.617. The van der Waals surface area contributed by atoms with Gasteiger partial charge in [0.25, 0.3) is 0 Å². The zero-order valence-electron chi connectivity index (χ0n) is 7.29. The summed E-state index contributed by atoms with van der Waals surface area (Å²) < 4.78 is 0. The number of carbonyl (C=O) groups excluding carboxylic acids is 1. The van der Waals surface area contributed by atoms with Crippen LogP contribution in [0.25, 0.3) is 0 Å². The summed E-state index contributed by atoms with van der Waals surface area (Å²) in [7, 11) is 1.66. The van der Waals surface area contributed by atoms with E-state index in [1.807, 2.05) is 13.8 Å². The van der Waals surface area contributed by atoms with Crippen molar-refractivity contribution < 1.29 is 9.90 Å². The molecular formula is C8H15NO2. The summed E-state index contributed by atoms with van der Waals surface area (Å²) in [6.45, 7) is 4.14. The molecule has 0 aliphatic heterocycles. The number of allylic oxidation sites excluding steroid dienone is 1. The van der Waals surface area contributed by atoms with Crippen LogP contribution in [0.2, 0.25) is 0 Å². The summed E-state index contributed by atoms with van der Waals surface area (Å²) in [6, 6.07) is 0. The van der Waals surface area contributed by atoms with Crippen molar-refractivity contribution >= 4 is 5.91 Å². The van der Waals surface area contributed by atoms with E-state index in [2.05, 4.69) is 0 Å². The van der Waals surface area contributed by atoms with Crippen LogP contribution in [0.3, 0.4) is 0 Å². The van der Waals surface area contributed by atoms with Crippen molar-refractivity contribution in [3.8, 4) is 0 Å². The van der Waals surface area contributed by atoms with Crippen LogP contribution in [0.5, 0.6) is 0 Å². The van der Waals surface area contributed by atoms with Gasteiger partial charge in [-0.15, -0.1) is 0 Å². The van der Waals surface area contributed by atoms with Crippen molar-refractivity contribution in [2.24, 2.45) is 0 Å². The first kappa shape index (κ1) is 10.2. The zero-order valence-corrected chi connectivity index (χ0v) is 7.29. The number of hydrogen-bond acceptors (Lipinski definition) is 2. The lowest BCUT2D eigenvalue weighted by atomic mass is 10.3. The molecule has 0 aromatic heterocycles. The van der Waals surface area contributed by atoms with E-state index in [1.165, 1.54) is 4.90 Å². The molecule has 0 aromatic rings. The third kappa shape index (κ3) is 4.56. The van der Waals surface area contributed by atoms with E-state index < -0.39 is 0 Å². The highest BCUT2D eigenvalue weighted by molar-refractivity contribution is 5.87. The predicted molar refractivity (Wildman–Crippen MR) is 44.2 cm³/mol. The number of aliphatic hydroxyl groups excluding tert-OH is 1. The number of nitrogens with zero attached hydrogens (tertiary/aromatic N) is 1. The first-order valence-electron chi connectivity index (χ1n) is 3.58. The normalized spacial score (nSPS) is 9.09. The van der Waals surface area contributed by atoms with E-state index in [0.717, 1.165) is 5.57 Å². The molecule has 1 amide bonds. The minimum absolute atomic E-state index is 0.0127. The summed E-state index contributed by atoms with van der Waals surface area (Å²) in [5, 5.41) is 8.51. The molecule has 0 atom stereocenters. The monoisotopic (exact) mass is 157 g/mol. The van der Waals surface area contributed by atoms with Crippen molar-refractivity contribution in [2.75, 3.05) is 20.2 Å². The second kappa shape index (κ2) is 4.91. The molecule has 0 spiro atoms. The van der Waals surface area contributed by atoms with E-state index in [-0.39, 0.29) is 12.5 Å². The molecule has 0 radical (unpaired) electrons. The van der Waals surface area contributed by atoms with Gasteiger partial charge >= 0.3 is 0 Å². The maximum absolute atomic E-state index is 11.1. The molecule has 0 fully saturated rings. The largest absolute Gasteiger partial charge is 0.395 e. The Balaban J connectivity index is 3.93. The van der Waals surface area contributed by atoms with Gasteiger partial charge in [-0.25, -0.2) is 0 Å². The van der Waals surface area contributed by atoms with Crippen LogP contribution >= 0.6 is 0 Å². The van der Waals surface area contributed by atoms with Crippen LogP contribution < -0.4 is 0 Å². The third-order valence-electron chi connectivity index (χ3n) is 1.22. The molecule has 1 N–H and O–H groups in total. The number of rotatable bonds is 3. The van der Waals surface area contributed by atoms with Gasteiger partial charge in [0, 0.05) is 19.7 Å². The molecule has 0 heterocycles. The van der Waals surface area contributed by atoms with Crippen LogP contribution in [-0.4, -0.2) is 36.1 Å². The van der Waals surface area contributed by atoms with Gasteiger partial charge in [-0.05, 0) is 13.8 Å². The van der Waals surface area contributed by atoms with Gasteiger partial charge in [-0.2, -0.15) is 0 Å². The number of amides is 1. The molecule has 0 rings (SSSR count). The fraction of sp³-hybridized carbons (Fsp3) is 0.625. The van der Waals surface area contributed by atoms with Gasteiger partial charge in [0.05, 0.1) is 6.61 Å². The highest BCUT2D eigenvalue weighted by Gasteiger charge is 2.02. The van der Waals surface area contributed by atoms with E-state index in [1.54, 1.807) is 13.1 Å². The van der Waals surface area contributed by atoms with Gasteiger partial charge in [0.1, 0.15) is 0 Å². The van der Waals surface area contributed by atoms with Crippen LogP contribution in [0.15, 0.2) is 11.6 Å². The van der Waals surface area contributed by atoms with E-state index >= 15 is 0 Å². The van der Waals surface area contributed by atoms with E-state index in [0.29, 0.717) is 6.54 Å². The Labute approximate surface area is 67.3 Å². The Morgan fingerprint density at radius 2 is 2.09 bits per heavy atom. The fourth-order valence-electron chi connectivity index (χ4n) is 0.617. The topological polar surface area (TPSA) is 40.5 Å². The van der Waals surface area contributed by atoms with Crippen LogP contribution in [0.4, 0.5) is 0 Å². The molecular weight excluding hydrogens is 142 g/mol. The summed E-state index contributed by atoms with van der Waals surface area (Å²) in [5.41, 5.74) is 0.972. The lowest BCUT2D eigenvalue weighted by molar-refractivity contribution is -0.125. The first-order valence-corrected chi connectivity index (χ1v) is 3.58. The highest BCUT2D eigenvalue weighted by atomic mass is 16.3. The molecule has 0 saturated carbocycles. The Morgan fingerprint density at radius 3 is 2.45 bits per heavy atom. The smallest absolute Gasteiger partial charge is 0.246 e. The van der Waals surface area contributed by atoms with E-state index in [4.69, 9.17) is 5.11 Å². The molecule has 0 aliphatic carbocycles. The number of hydrogen-bond donors (Lipinski definition) is 1. The molecule has 0 saturated heterocycles. The molecule has 0 aliphatic rings. The number of carbonyl (C=O) groups is 1. The van der Waals surface area contributed by atoms with Crippen molar-refractivity contribution in [1.29, 1.82) is 0 Å². The summed E-state index contributed by atoms with van der Waals surface area (Å²) in [4.78, 5) is 12.6. The van der Waals surface area contributed by atoms with Gasteiger partial charge in [0.15, 0.2) is 0 Å². The van der Waals surface area contributed by atoms with Gasteiger partial charge in [-0.3, -0.25) is 4.79 Å². The standard InChI is InChI=1S/C8H15NO2/c1-7(2)6-8(11)9(3)4-5-10/h6,10H,4-5H2,1-3H3. The van der Waals surface area contributed by atoms with Crippen molar-refractivity contribution in [1.82, 2.24) is 4.90 Å². The van der Waals surface area contributed by atoms with Crippen molar-refractivity contribution in [2.45, 2.75) is 13.8 Å². The zero-order chi connectivity index (χ0) is 8.85. The Kier molecular flexibility index (Phi) is 4.54. The predicted octanol–water partition coefficient (Wildman–Crippen LogP) is 0.403. The molecule has 3 heteroatoms. The molecule has 64 valence electrons. The lowest BCUT2D eigenvalue weighted by Gasteiger charge is -2.12. The Hall–Kier alpha value is -0.830. The second-order valence-electron chi connectivity index (χ2n) is 2.71. The molecule has 11 heavy (non-hydrogen) atoms. The lowest BCUT2D eigenvalue weighted by Crippen LogP contribution is -2.27. The van der Waals surface area contributed by atoms with Crippen molar-refractivity contribution in [3.05, 3.63) is 11.6 Å². The SMILES string of the molecule is CC(C)=CC(=O)N(C)CCO. The average molecular weight is 157 g/mol. The second-order valence-corrected chi connectivity index (χ2v) is 2.71. The maximum atomic E-state index is 11.1. The van der Waals surface area contributed by atoms with Crippen LogP contribution in [0.1, 0.15) is 13.8 Å². The van der Waals surface area contributed by atoms with Crippen LogP contribution in [0, 0.1) is 0 Å². The van der Waals surface area contributed by atoms with Crippen molar-refractivity contribution in [3.63, 3.8) is 0 Å². The number of likely N-dealkylation sites (N-methyl/N-ethyl adjacent to an activating group) is 1. The van der Waals surface area contributed by atoms with Gasteiger partial charge in [-0.1, -0.05) is 5.57 Å². The third-order valence-corrected chi connectivity index (χ3v) is 1.22. The summed E-state index contributed by atoms with van der Waals surface area (Å²) in [6.07, 6.45) is 1.55. The quantitative estimate of drug-likeness (QED) is 0.602. The van der Waals surface area contributed by atoms with Crippen LogP contribution in [-0.2, 0) is 4.79 Å². The first-order chi connectivity index (χ1) is 5.07.